The summed E-state index contributed by atoms with van der Waals surface area (Å²) in [4.78, 5) is 38.5. The van der Waals surface area contributed by atoms with Crippen LogP contribution in [0.3, 0.4) is 0 Å². The predicted octanol–water partition coefficient (Wildman–Crippen LogP) is 8.28. The maximum atomic E-state index is 13.4. The number of fused-ring (bicyclic) bond motifs is 1. The van der Waals surface area contributed by atoms with Crippen LogP contribution in [0.5, 0.6) is 11.5 Å². The van der Waals surface area contributed by atoms with Crippen LogP contribution in [0.4, 0.5) is 5.69 Å². The van der Waals surface area contributed by atoms with E-state index in [9.17, 15) is 14.4 Å². The number of ketones is 1. The average molecular weight is 699 g/mol. The molecule has 246 valence electrons. The Morgan fingerprint density at radius 3 is 2.51 bits per heavy atom. The lowest BCUT2D eigenvalue weighted by molar-refractivity contribution is -0.137. The number of nitrogens with zero attached hydrogens (tertiary/aromatic N) is 3. The Balaban J connectivity index is 1.27. The number of halogens is 3. The zero-order valence-corrected chi connectivity index (χ0v) is 28.1. The fourth-order valence-electron chi connectivity index (χ4n) is 5.39. The van der Waals surface area contributed by atoms with E-state index in [-0.39, 0.29) is 37.5 Å². The number of aliphatic carboxylic acids is 1. The van der Waals surface area contributed by atoms with E-state index < -0.39 is 5.97 Å². The summed E-state index contributed by atoms with van der Waals surface area (Å²) in [6.07, 6.45) is 5.36. The Hall–Kier alpha value is -4.05. The van der Waals surface area contributed by atoms with Crippen molar-refractivity contribution in [2.45, 2.75) is 52.0 Å². The van der Waals surface area contributed by atoms with Crippen LogP contribution >= 0.6 is 34.8 Å². The molecular weight excluding hydrogens is 665 g/mol. The van der Waals surface area contributed by atoms with E-state index in [2.05, 4.69) is 5.10 Å². The fourth-order valence-corrected chi connectivity index (χ4v) is 6.16. The first-order valence-corrected chi connectivity index (χ1v) is 16.5. The second kappa shape index (κ2) is 15.7. The minimum absolute atomic E-state index is 0.0101. The number of hydrogen-bond donors (Lipinski definition) is 1. The lowest BCUT2D eigenvalue weighted by Crippen LogP contribution is -2.31. The maximum Gasteiger partial charge on any atom is 0.303 e. The standard InChI is InChI=1S/C35H34Cl3N3O6/c1-22-27(36)8-3-11-32(22)46-15-5-12-33(43)41-14-6-16-47-35-25(7-2-9-30(35)41)24-19-39-40(20-24)21-26-28(37)17-23(18-29(26)38)31(42)10-4-13-34(44)45/h2-3,7-9,11,17-20H,4-6,10,12-16,21H2,1H3,(H,44,45). The second-order valence-electron chi connectivity index (χ2n) is 11.2. The van der Waals surface area contributed by atoms with Gasteiger partial charge in [0.25, 0.3) is 0 Å². The summed E-state index contributed by atoms with van der Waals surface area (Å²) in [5, 5.41) is 14.6. The quantitative estimate of drug-likeness (QED) is 0.111. The van der Waals surface area contributed by atoms with E-state index in [1.165, 1.54) is 0 Å². The number of carbonyl (C=O) groups excluding carboxylic acids is 2. The van der Waals surface area contributed by atoms with Gasteiger partial charge < -0.3 is 19.5 Å². The number of rotatable bonds is 13. The van der Waals surface area contributed by atoms with Gasteiger partial charge in [-0.05, 0) is 56.5 Å². The highest BCUT2D eigenvalue weighted by Crippen LogP contribution is 2.40. The van der Waals surface area contributed by atoms with Gasteiger partial charge in [0.2, 0.25) is 5.91 Å². The lowest BCUT2D eigenvalue weighted by Gasteiger charge is -2.23. The minimum Gasteiger partial charge on any atom is -0.493 e. The zero-order chi connectivity index (χ0) is 33.5. The summed E-state index contributed by atoms with van der Waals surface area (Å²) in [6, 6.07) is 14.3. The van der Waals surface area contributed by atoms with E-state index in [0.29, 0.717) is 82.4 Å². The molecule has 1 amide bonds. The van der Waals surface area contributed by atoms with Crippen molar-refractivity contribution in [1.29, 1.82) is 0 Å². The van der Waals surface area contributed by atoms with E-state index in [1.54, 1.807) is 27.9 Å². The van der Waals surface area contributed by atoms with Gasteiger partial charge in [0.1, 0.15) is 5.75 Å². The molecule has 47 heavy (non-hydrogen) atoms. The van der Waals surface area contributed by atoms with Gasteiger partial charge in [-0.15, -0.1) is 0 Å². The molecule has 0 radical (unpaired) electrons. The van der Waals surface area contributed by atoms with Crippen LogP contribution in [0.25, 0.3) is 11.1 Å². The summed E-state index contributed by atoms with van der Waals surface area (Å²) < 4.78 is 13.8. The number of carboxylic acids is 1. The molecule has 1 N–H and O–H groups in total. The molecule has 0 aliphatic carbocycles. The van der Waals surface area contributed by atoms with Gasteiger partial charge in [-0.3, -0.25) is 19.1 Å². The zero-order valence-electron chi connectivity index (χ0n) is 25.8. The Bertz CT molecular complexity index is 1770. The molecule has 3 aromatic carbocycles. The van der Waals surface area contributed by atoms with Gasteiger partial charge in [-0.2, -0.15) is 5.10 Å². The molecule has 1 aliphatic rings. The van der Waals surface area contributed by atoms with Gasteiger partial charge in [-0.25, -0.2) is 0 Å². The molecule has 0 spiro atoms. The number of anilines is 1. The van der Waals surface area contributed by atoms with Crippen molar-refractivity contribution in [3.63, 3.8) is 0 Å². The van der Waals surface area contributed by atoms with Crippen molar-refractivity contribution >= 4 is 58.1 Å². The van der Waals surface area contributed by atoms with Crippen LogP contribution in [0.15, 0.2) is 60.9 Å². The molecule has 4 aromatic rings. The molecule has 0 saturated heterocycles. The third-order valence-corrected chi connectivity index (χ3v) is 8.97. The third-order valence-electron chi connectivity index (χ3n) is 7.89. The first-order valence-electron chi connectivity index (χ1n) is 15.3. The topological polar surface area (TPSA) is 111 Å². The summed E-state index contributed by atoms with van der Waals surface area (Å²) in [5.41, 5.74) is 4.10. The highest BCUT2D eigenvalue weighted by molar-refractivity contribution is 6.36. The van der Waals surface area contributed by atoms with Gasteiger partial charge >= 0.3 is 5.97 Å². The number of aromatic nitrogens is 2. The number of carbonyl (C=O) groups is 3. The van der Waals surface area contributed by atoms with Crippen LogP contribution in [0.1, 0.15) is 60.0 Å². The van der Waals surface area contributed by atoms with Crippen LogP contribution in [-0.4, -0.2) is 52.3 Å². The smallest absolute Gasteiger partial charge is 0.303 e. The minimum atomic E-state index is -0.950. The number of amides is 1. The molecule has 5 rings (SSSR count). The third kappa shape index (κ3) is 8.46. The SMILES string of the molecule is Cc1c(Cl)cccc1OCCCC(=O)N1CCCOc2c(-c3cnn(Cc4c(Cl)cc(C(=O)CCCC(=O)O)cc4Cl)c3)cccc21. The van der Waals surface area contributed by atoms with E-state index >= 15 is 0 Å². The molecule has 2 heterocycles. The van der Waals surface area contributed by atoms with Crippen molar-refractivity contribution < 1.29 is 29.0 Å². The molecule has 9 nitrogen and oxygen atoms in total. The van der Waals surface area contributed by atoms with Crippen molar-refractivity contribution in [1.82, 2.24) is 9.78 Å². The van der Waals surface area contributed by atoms with E-state index in [0.717, 1.165) is 16.7 Å². The number of benzene rings is 3. The van der Waals surface area contributed by atoms with E-state index in [4.69, 9.17) is 49.4 Å². The summed E-state index contributed by atoms with van der Waals surface area (Å²) >= 11 is 19.3. The maximum absolute atomic E-state index is 13.4. The van der Waals surface area contributed by atoms with Crippen molar-refractivity contribution in [2.24, 2.45) is 0 Å². The molecule has 12 heteroatoms. The lowest BCUT2D eigenvalue weighted by atomic mass is 10.0. The van der Waals surface area contributed by atoms with Crippen LogP contribution < -0.4 is 14.4 Å². The van der Waals surface area contributed by atoms with Crippen molar-refractivity contribution in [3.8, 4) is 22.6 Å². The average Bonchev–Trinajstić information content (AvgIpc) is 3.39. The van der Waals surface area contributed by atoms with Crippen LogP contribution in [0.2, 0.25) is 15.1 Å². The number of para-hydroxylation sites is 1. The summed E-state index contributed by atoms with van der Waals surface area (Å²) in [7, 11) is 0. The van der Waals surface area contributed by atoms with Crippen LogP contribution in [0, 0.1) is 6.92 Å². The Labute approximate surface area is 287 Å². The molecule has 1 aromatic heterocycles. The van der Waals surface area contributed by atoms with Gasteiger partial charge in [0, 0.05) is 74.9 Å². The van der Waals surface area contributed by atoms with Gasteiger partial charge in [-0.1, -0.05) is 53.0 Å². The number of hydrogen-bond acceptors (Lipinski definition) is 6. The molecule has 0 atom stereocenters. The molecule has 1 aliphatic heterocycles. The Morgan fingerprint density at radius 2 is 1.74 bits per heavy atom. The fraction of sp³-hybridized carbons (Fsp3) is 0.314. The largest absolute Gasteiger partial charge is 0.493 e. The Morgan fingerprint density at radius 1 is 0.979 bits per heavy atom. The first kappa shape index (κ1) is 34.3. The van der Waals surface area contributed by atoms with Gasteiger partial charge in [0.15, 0.2) is 11.5 Å². The van der Waals surface area contributed by atoms with E-state index in [1.807, 2.05) is 49.5 Å². The molecule has 0 saturated carbocycles. The highest BCUT2D eigenvalue weighted by Gasteiger charge is 2.25. The van der Waals surface area contributed by atoms with Crippen LogP contribution in [-0.2, 0) is 16.1 Å². The second-order valence-corrected chi connectivity index (χ2v) is 12.5. The number of carboxylic acid groups (broad SMARTS) is 1. The summed E-state index contributed by atoms with van der Waals surface area (Å²) in [6.45, 7) is 3.55. The first-order chi connectivity index (χ1) is 22.6. The van der Waals surface area contributed by atoms with Crippen molar-refractivity contribution in [2.75, 3.05) is 24.7 Å². The molecule has 0 unspecified atom stereocenters. The number of Topliss-reactive ketones (excluding diaryl/α,β-unsaturated/α-hetero) is 1. The molecule has 0 bridgehead atoms. The predicted molar refractivity (Wildman–Crippen MR) is 182 cm³/mol. The normalized spacial score (nSPS) is 12.6. The number of ether oxygens (including phenoxy) is 2. The molecular formula is C35H34Cl3N3O6. The highest BCUT2D eigenvalue weighted by atomic mass is 35.5. The van der Waals surface area contributed by atoms with Gasteiger partial charge in [0.05, 0.1) is 31.6 Å². The monoisotopic (exact) mass is 697 g/mol. The summed E-state index contributed by atoms with van der Waals surface area (Å²) in [5.74, 6) is 0.148. The van der Waals surface area contributed by atoms with Crippen molar-refractivity contribution in [3.05, 3.63) is 92.7 Å². The molecule has 0 fully saturated rings. The Kier molecular flexibility index (Phi) is 11.4.